The lowest BCUT2D eigenvalue weighted by Crippen LogP contribution is -2.21. The first-order chi connectivity index (χ1) is 10.6. The fourth-order valence-electron chi connectivity index (χ4n) is 1.60. The van der Waals surface area contributed by atoms with Gasteiger partial charge in [0.05, 0.1) is 9.82 Å². The van der Waals surface area contributed by atoms with Gasteiger partial charge in [-0.1, -0.05) is 0 Å². The van der Waals surface area contributed by atoms with E-state index in [1.54, 1.807) is 0 Å². The lowest BCUT2D eigenvalue weighted by Gasteiger charge is -2.06. The van der Waals surface area contributed by atoms with Crippen LogP contribution in [0, 0.1) is 10.1 Å². The van der Waals surface area contributed by atoms with Crippen LogP contribution < -0.4 is 5.84 Å². The summed E-state index contributed by atoms with van der Waals surface area (Å²) >= 11 is 0.538. The number of nitrogens with zero attached hydrogens (tertiary/aromatic N) is 4. The maximum absolute atomic E-state index is 12.6. The van der Waals surface area contributed by atoms with E-state index >= 15 is 0 Å². The van der Waals surface area contributed by atoms with Crippen molar-refractivity contribution in [2.24, 2.45) is 0 Å². The molecule has 0 aliphatic rings. The molecule has 0 fully saturated rings. The van der Waals surface area contributed by atoms with Crippen molar-refractivity contribution in [2.45, 2.75) is 23.2 Å². The fraction of sp³-hybridized carbons (Fsp3) is 0.182. The summed E-state index contributed by atoms with van der Waals surface area (Å²) in [4.78, 5) is 21.5. The molecule has 2 aromatic rings. The molecule has 2 rings (SSSR count). The summed E-state index contributed by atoms with van der Waals surface area (Å²) in [6.07, 6.45) is -4.80. The maximum atomic E-state index is 12.6. The molecule has 2 N–H and O–H groups in total. The topological polar surface area (TPSA) is 117 Å². The Morgan fingerprint density at radius 3 is 2.52 bits per heavy atom. The maximum Gasteiger partial charge on any atom is 0.453 e. The Labute approximate surface area is 130 Å². The quantitative estimate of drug-likeness (QED) is 0.390. The van der Waals surface area contributed by atoms with Gasteiger partial charge in [0, 0.05) is 11.6 Å². The van der Waals surface area contributed by atoms with Crippen molar-refractivity contribution in [3.63, 3.8) is 0 Å². The number of nitrogen functional groups attached to an aromatic ring is 1. The van der Waals surface area contributed by atoms with Crippen molar-refractivity contribution < 1.29 is 22.9 Å². The van der Waals surface area contributed by atoms with Crippen molar-refractivity contribution in [2.75, 3.05) is 5.84 Å². The third kappa shape index (κ3) is 3.41. The molecule has 1 aromatic heterocycles. The predicted octanol–water partition coefficient (Wildman–Crippen LogP) is 2.27. The zero-order valence-corrected chi connectivity index (χ0v) is 12.2. The third-order valence-corrected chi connectivity index (χ3v) is 3.71. The average Bonchev–Trinajstić information content (AvgIpc) is 2.80. The molecule has 0 saturated carbocycles. The number of aromatic nitrogens is 3. The molecule has 23 heavy (non-hydrogen) atoms. The Kier molecular flexibility index (Phi) is 4.27. The normalized spacial score (nSPS) is 11.5. The zero-order valence-electron chi connectivity index (χ0n) is 11.4. The minimum absolute atomic E-state index is 0.0205. The van der Waals surface area contributed by atoms with Crippen LogP contribution in [0.5, 0.6) is 0 Å². The number of halogens is 3. The molecular formula is C11H8F3N5O3S. The molecule has 0 saturated heterocycles. The van der Waals surface area contributed by atoms with Crippen LogP contribution in [0.3, 0.4) is 0 Å². The second kappa shape index (κ2) is 5.87. The van der Waals surface area contributed by atoms with Crippen molar-refractivity contribution in [3.05, 3.63) is 39.7 Å². The van der Waals surface area contributed by atoms with E-state index in [1.807, 2.05) is 0 Å². The van der Waals surface area contributed by atoms with Crippen molar-refractivity contribution in [1.82, 2.24) is 14.9 Å². The standard InChI is InChI=1S/C11H8F3N5O3S/c1-5(20)6-2-3-8(7(4-6)19(21)22)23-10-17-16-9(18(10)15)11(12,13)14/h2-4H,15H2,1H3. The van der Waals surface area contributed by atoms with Gasteiger partial charge in [-0.15, -0.1) is 10.2 Å². The summed E-state index contributed by atoms with van der Waals surface area (Å²) in [6, 6.07) is 3.59. The van der Waals surface area contributed by atoms with Gasteiger partial charge in [-0.2, -0.15) is 13.2 Å². The highest BCUT2D eigenvalue weighted by Gasteiger charge is 2.38. The number of carbonyl (C=O) groups excluding carboxylic acids is 1. The predicted molar refractivity (Wildman–Crippen MR) is 72.4 cm³/mol. The lowest BCUT2D eigenvalue weighted by atomic mass is 10.1. The molecule has 8 nitrogen and oxygen atoms in total. The molecule has 122 valence electrons. The Bertz CT molecular complexity index is 790. The van der Waals surface area contributed by atoms with E-state index in [9.17, 15) is 28.1 Å². The third-order valence-electron chi connectivity index (χ3n) is 2.68. The van der Waals surface area contributed by atoms with Gasteiger partial charge in [0.1, 0.15) is 0 Å². The smallest absolute Gasteiger partial charge is 0.335 e. The summed E-state index contributed by atoms with van der Waals surface area (Å²) < 4.78 is 38.0. The van der Waals surface area contributed by atoms with Crippen LogP contribution in [-0.2, 0) is 6.18 Å². The van der Waals surface area contributed by atoms with Crippen LogP contribution >= 0.6 is 11.8 Å². The minimum Gasteiger partial charge on any atom is -0.335 e. The van der Waals surface area contributed by atoms with Gasteiger partial charge in [0.25, 0.3) is 11.5 Å². The van der Waals surface area contributed by atoms with Crippen molar-refractivity contribution >= 4 is 23.2 Å². The molecule has 0 radical (unpaired) electrons. The molecule has 0 atom stereocenters. The van der Waals surface area contributed by atoms with Gasteiger partial charge in [-0.05, 0) is 30.8 Å². The molecule has 0 aliphatic carbocycles. The highest BCUT2D eigenvalue weighted by molar-refractivity contribution is 7.99. The summed E-state index contributed by atoms with van der Waals surface area (Å²) in [6.45, 7) is 1.23. The molecule has 0 aliphatic heterocycles. The van der Waals surface area contributed by atoms with Crippen LogP contribution in [-0.4, -0.2) is 25.6 Å². The van der Waals surface area contributed by atoms with Gasteiger partial charge in [0.15, 0.2) is 5.78 Å². The number of alkyl halides is 3. The van der Waals surface area contributed by atoms with E-state index in [-0.39, 0.29) is 26.1 Å². The number of carbonyl (C=O) groups is 1. The van der Waals surface area contributed by atoms with E-state index < -0.39 is 22.6 Å². The monoisotopic (exact) mass is 347 g/mol. The Hall–Kier alpha value is -2.63. The van der Waals surface area contributed by atoms with Gasteiger partial charge >= 0.3 is 6.18 Å². The van der Waals surface area contributed by atoms with Crippen LogP contribution in [0.2, 0.25) is 0 Å². The number of hydrogen-bond donors (Lipinski definition) is 1. The molecule has 1 heterocycles. The van der Waals surface area contributed by atoms with E-state index in [4.69, 9.17) is 5.84 Å². The van der Waals surface area contributed by atoms with Crippen molar-refractivity contribution in [1.29, 1.82) is 0 Å². The number of nitrogens with two attached hydrogens (primary N) is 1. The van der Waals surface area contributed by atoms with Crippen LogP contribution in [0.15, 0.2) is 28.3 Å². The number of nitro benzene ring substituents is 1. The molecule has 1 aromatic carbocycles. The average molecular weight is 347 g/mol. The van der Waals surface area contributed by atoms with E-state index in [2.05, 4.69) is 10.2 Å². The number of nitro groups is 1. The van der Waals surface area contributed by atoms with Gasteiger partial charge < -0.3 is 5.84 Å². The van der Waals surface area contributed by atoms with E-state index in [0.29, 0.717) is 11.8 Å². The Balaban J connectivity index is 2.43. The molecule has 0 bridgehead atoms. The van der Waals surface area contributed by atoms with Crippen LogP contribution in [0.1, 0.15) is 23.1 Å². The first-order valence-electron chi connectivity index (χ1n) is 5.86. The van der Waals surface area contributed by atoms with Gasteiger partial charge in [-0.25, -0.2) is 4.68 Å². The fourth-order valence-corrected chi connectivity index (χ4v) is 2.44. The zero-order chi connectivity index (χ0) is 17.4. The summed E-state index contributed by atoms with van der Waals surface area (Å²) in [7, 11) is 0. The van der Waals surface area contributed by atoms with E-state index in [0.717, 1.165) is 6.07 Å². The molecule has 0 amide bonds. The number of ketones is 1. The van der Waals surface area contributed by atoms with E-state index in [1.165, 1.54) is 19.1 Å². The second-order valence-corrected chi connectivity index (χ2v) is 5.28. The van der Waals surface area contributed by atoms with Crippen LogP contribution in [0.25, 0.3) is 0 Å². The number of rotatable bonds is 4. The summed E-state index contributed by atoms with van der Waals surface area (Å²) in [5.74, 6) is 3.46. The summed E-state index contributed by atoms with van der Waals surface area (Å²) in [5.41, 5.74) is -0.342. The first kappa shape index (κ1) is 16.7. The highest BCUT2D eigenvalue weighted by Crippen LogP contribution is 2.36. The van der Waals surface area contributed by atoms with Crippen LogP contribution in [0.4, 0.5) is 18.9 Å². The summed E-state index contributed by atoms with van der Waals surface area (Å²) in [5, 5.41) is 16.9. The number of benzene rings is 1. The largest absolute Gasteiger partial charge is 0.453 e. The van der Waals surface area contributed by atoms with Crippen molar-refractivity contribution in [3.8, 4) is 0 Å². The second-order valence-electron chi connectivity index (χ2n) is 4.27. The molecule has 0 unspecified atom stereocenters. The molecular weight excluding hydrogens is 339 g/mol. The Morgan fingerprint density at radius 1 is 1.39 bits per heavy atom. The van der Waals surface area contributed by atoms with Gasteiger partial charge in [0.2, 0.25) is 5.16 Å². The lowest BCUT2D eigenvalue weighted by molar-refractivity contribution is -0.387. The first-order valence-corrected chi connectivity index (χ1v) is 6.68. The van der Waals surface area contributed by atoms with Gasteiger partial charge in [-0.3, -0.25) is 14.9 Å². The highest BCUT2D eigenvalue weighted by atomic mass is 32.2. The number of Topliss-reactive ketones (excluding diaryl/α,β-unsaturated/α-hetero) is 1. The molecule has 12 heteroatoms. The number of hydrogen-bond acceptors (Lipinski definition) is 7. The Morgan fingerprint density at radius 2 is 2.04 bits per heavy atom. The molecule has 0 spiro atoms. The minimum atomic E-state index is -4.80. The SMILES string of the molecule is CC(=O)c1ccc(Sc2nnc(C(F)(F)F)n2N)c([N+](=O)[O-])c1.